The summed E-state index contributed by atoms with van der Waals surface area (Å²) >= 11 is 0. The van der Waals surface area contributed by atoms with Crippen molar-refractivity contribution in [3.8, 4) is 11.1 Å². The first-order chi connectivity index (χ1) is 11.9. The molecule has 2 aromatic carbocycles. The summed E-state index contributed by atoms with van der Waals surface area (Å²) in [5.41, 5.74) is 5.32. The summed E-state index contributed by atoms with van der Waals surface area (Å²) in [5.74, 6) is 0. The number of rotatable bonds is 2. The molecule has 4 rings (SSSR count). The maximum absolute atomic E-state index is 11.1. The number of fused-ring (bicyclic) bond motifs is 2. The number of nitrogens with zero attached hydrogens (tertiary/aromatic N) is 1. The summed E-state index contributed by atoms with van der Waals surface area (Å²) < 4.78 is 0. The fourth-order valence-corrected chi connectivity index (χ4v) is 3.86. The third-order valence-electron chi connectivity index (χ3n) is 5.07. The smallest absolute Gasteiger partial charge is 0.405 e. The van der Waals surface area contributed by atoms with Gasteiger partial charge in [-0.05, 0) is 40.7 Å². The molecule has 2 N–H and O–H groups in total. The van der Waals surface area contributed by atoms with Gasteiger partial charge in [0.2, 0.25) is 0 Å². The van der Waals surface area contributed by atoms with Crippen LogP contribution in [0.2, 0.25) is 0 Å². The standard InChI is InChI=1S/C21H20N2O2/c1-21(2)11-15-9-13(7-8-17(15)19(21)23-20(24)25)16-10-14-5-3-4-6-18(14)22-12-16/h3-10,12,19,23H,11H2,1-2H3,(H,24,25). The topological polar surface area (TPSA) is 62.2 Å². The molecule has 1 unspecified atom stereocenters. The minimum atomic E-state index is -0.978. The van der Waals surface area contributed by atoms with Gasteiger partial charge in [0.15, 0.2) is 0 Å². The van der Waals surface area contributed by atoms with Gasteiger partial charge in [-0.25, -0.2) is 4.79 Å². The molecule has 1 atom stereocenters. The third kappa shape index (κ3) is 2.74. The molecular formula is C21H20N2O2. The van der Waals surface area contributed by atoms with Crippen LogP contribution in [0.5, 0.6) is 0 Å². The summed E-state index contributed by atoms with van der Waals surface area (Å²) in [6, 6.07) is 16.3. The number of benzene rings is 2. The molecular weight excluding hydrogens is 312 g/mol. The number of amides is 1. The second kappa shape index (κ2) is 5.59. The van der Waals surface area contributed by atoms with Gasteiger partial charge in [-0.3, -0.25) is 4.98 Å². The van der Waals surface area contributed by atoms with Crippen LogP contribution in [0.4, 0.5) is 4.79 Å². The van der Waals surface area contributed by atoms with E-state index in [2.05, 4.69) is 54.5 Å². The molecule has 0 saturated heterocycles. The molecule has 1 aromatic heterocycles. The molecule has 0 aliphatic heterocycles. The van der Waals surface area contributed by atoms with Crippen LogP contribution in [0.1, 0.15) is 31.0 Å². The lowest BCUT2D eigenvalue weighted by Gasteiger charge is -2.27. The maximum atomic E-state index is 11.1. The van der Waals surface area contributed by atoms with Gasteiger partial charge >= 0.3 is 6.09 Å². The molecule has 1 heterocycles. The number of para-hydroxylation sites is 1. The van der Waals surface area contributed by atoms with Gasteiger partial charge in [0, 0.05) is 17.1 Å². The van der Waals surface area contributed by atoms with Crippen LogP contribution in [0.15, 0.2) is 54.7 Å². The van der Waals surface area contributed by atoms with E-state index in [9.17, 15) is 4.79 Å². The van der Waals surface area contributed by atoms with Crippen molar-refractivity contribution in [2.75, 3.05) is 0 Å². The predicted octanol–water partition coefficient (Wildman–Crippen LogP) is 4.79. The van der Waals surface area contributed by atoms with Gasteiger partial charge in [-0.1, -0.05) is 50.2 Å². The second-order valence-corrected chi connectivity index (χ2v) is 7.38. The molecule has 0 bridgehead atoms. The maximum Gasteiger partial charge on any atom is 0.405 e. The molecule has 0 fully saturated rings. The fourth-order valence-electron chi connectivity index (χ4n) is 3.86. The largest absolute Gasteiger partial charge is 0.465 e. The van der Waals surface area contributed by atoms with Crippen molar-refractivity contribution in [2.45, 2.75) is 26.3 Å². The van der Waals surface area contributed by atoms with Gasteiger partial charge in [-0.2, -0.15) is 0 Å². The Balaban J connectivity index is 1.75. The summed E-state index contributed by atoms with van der Waals surface area (Å²) in [7, 11) is 0. The fraction of sp³-hybridized carbons (Fsp3) is 0.238. The molecule has 25 heavy (non-hydrogen) atoms. The minimum absolute atomic E-state index is 0.138. The lowest BCUT2D eigenvalue weighted by molar-refractivity contribution is 0.175. The average Bonchev–Trinajstić information content (AvgIpc) is 2.83. The molecule has 0 saturated carbocycles. The highest BCUT2D eigenvalue weighted by atomic mass is 16.4. The zero-order chi connectivity index (χ0) is 17.6. The van der Waals surface area contributed by atoms with Crippen molar-refractivity contribution in [1.29, 1.82) is 0 Å². The normalized spacial score (nSPS) is 18.1. The number of hydrogen-bond donors (Lipinski definition) is 2. The molecule has 126 valence electrons. The van der Waals surface area contributed by atoms with E-state index < -0.39 is 6.09 Å². The number of pyridine rings is 1. The average molecular weight is 332 g/mol. The SMILES string of the molecule is CC1(C)Cc2cc(-c3cnc4ccccc4c3)ccc2C1NC(=O)O. The Labute approximate surface area is 146 Å². The number of carboxylic acid groups (broad SMARTS) is 1. The van der Waals surface area contributed by atoms with Crippen LogP contribution >= 0.6 is 0 Å². The van der Waals surface area contributed by atoms with E-state index in [4.69, 9.17) is 5.11 Å². The first-order valence-electron chi connectivity index (χ1n) is 8.41. The van der Waals surface area contributed by atoms with Gasteiger partial charge < -0.3 is 10.4 Å². The zero-order valence-corrected chi connectivity index (χ0v) is 14.3. The van der Waals surface area contributed by atoms with Gasteiger partial charge in [-0.15, -0.1) is 0 Å². The van der Waals surface area contributed by atoms with Crippen molar-refractivity contribution >= 4 is 17.0 Å². The zero-order valence-electron chi connectivity index (χ0n) is 14.3. The number of aromatic nitrogens is 1. The van der Waals surface area contributed by atoms with Crippen LogP contribution in [-0.2, 0) is 6.42 Å². The Morgan fingerprint density at radius 3 is 2.76 bits per heavy atom. The van der Waals surface area contributed by atoms with Crippen LogP contribution < -0.4 is 5.32 Å². The number of carbonyl (C=O) groups is 1. The monoisotopic (exact) mass is 332 g/mol. The molecule has 1 amide bonds. The second-order valence-electron chi connectivity index (χ2n) is 7.38. The lowest BCUT2D eigenvalue weighted by atomic mass is 9.85. The van der Waals surface area contributed by atoms with E-state index in [1.807, 2.05) is 24.4 Å². The van der Waals surface area contributed by atoms with Crippen molar-refractivity contribution in [2.24, 2.45) is 5.41 Å². The van der Waals surface area contributed by atoms with E-state index >= 15 is 0 Å². The molecule has 1 aliphatic rings. The first kappa shape index (κ1) is 15.6. The van der Waals surface area contributed by atoms with E-state index in [0.29, 0.717) is 0 Å². The highest BCUT2D eigenvalue weighted by Gasteiger charge is 2.39. The lowest BCUT2D eigenvalue weighted by Crippen LogP contribution is -2.34. The Morgan fingerprint density at radius 1 is 1.16 bits per heavy atom. The first-order valence-corrected chi connectivity index (χ1v) is 8.41. The molecule has 1 aliphatic carbocycles. The highest BCUT2D eigenvalue weighted by molar-refractivity contribution is 5.83. The Morgan fingerprint density at radius 2 is 1.96 bits per heavy atom. The van der Waals surface area contributed by atoms with Crippen LogP contribution in [0, 0.1) is 5.41 Å². The van der Waals surface area contributed by atoms with E-state index in [1.165, 1.54) is 5.56 Å². The summed E-state index contributed by atoms with van der Waals surface area (Å²) in [6.07, 6.45) is 1.77. The summed E-state index contributed by atoms with van der Waals surface area (Å²) in [6.45, 7) is 4.20. The van der Waals surface area contributed by atoms with Gasteiger partial charge in [0.25, 0.3) is 0 Å². The number of hydrogen-bond acceptors (Lipinski definition) is 2. The molecule has 3 aromatic rings. The van der Waals surface area contributed by atoms with Crippen molar-refractivity contribution in [3.63, 3.8) is 0 Å². The Hall–Kier alpha value is -2.88. The quantitative estimate of drug-likeness (QED) is 0.709. The van der Waals surface area contributed by atoms with Crippen molar-refractivity contribution in [3.05, 3.63) is 65.9 Å². The van der Waals surface area contributed by atoms with E-state index in [-0.39, 0.29) is 11.5 Å². The predicted molar refractivity (Wildman–Crippen MR) is 98.6 cm³/mol. The van der Waals surface area contributed by atoms with Crippen LogP contribution in [0.3, 0.4) is 0 Å². The molecule has 4 heteroatoms. The van der Waals surface area contributed by atoms with E-state index in [1.54, 1.807) is 0 Å². The van der Waals surface area contributed by atoms with Gasteiger partial charge in [0.05, 0.1) is 11.6 Å². The molecule has 4 nitrogen and oxygen atoms in total. The summed E-state index contributed by atoms with van der Waals surface area (Å²) in [4.78, 5) is 15.7. The van der Waals surface area contributed by atoms with Crippen LogP contribution in [0.25, 0.3) is 22.0 Å². The van der Waals surface area contributed by atoms with Crippen LogP contribution in [-0.4, -0.2) is 16.2 Å². The van der Waals surface area contributed by atoms with Gasteiger partial charge in [0.1, 0.15) is 0 Å². The van der Waals surface area contributed by atoms with Crippen molar-refractivity contribution in [1.82, 2.24) is 10.3 Å². The minimum Gasteiger partial charge on any atom is -0.465 e. The third-order valence-corrected chi connectivity index (χ3v) is 5.07. The highest BCUT2D eigenvalue weighted by Crippen LogP contribution is 2.46. The Bertz CT molecular complexity index is 979. The number of nitrogens with one attached hydrogen (secondary N) is 1. The van der Waals surface area contributed by atoms with Crippen molar-refractivity contribution < 1.29 is 9.90 Å². The molecule has 0 radical (unpaired) electrons. The Kier molecular flexibility index (Phi) is 3.49. The van der Waals surface area contributed by atoms with E-state index in [0.717, 1.165) is 34.0 Å². The molecule has 0 spiro atoms. The summed E-state index contributed by atoms with van der Waals surface area (Å²) in [5, 5.41) is 12.9.